The van der Waals surface area contributed by atoms with Crippen LogP contribution >= 0.6 is 11.3 Å². The number of nitrogens with zero attached hydrogens (tertiary/aromatic N) is 1. The molecule has 1 aliphatic carbocycles. The van der Waals surface area contributed by atoms with Crippen molar-refractivity contribution in [3.63, 3.8) is 0 Å². The van der Waals surface area contributed by atoms with Crippen molar-refractivity contribution in [3.8, 4) is 0 Å². The fraction of sp³-hybridized carbons (Fsp3) is 0.692. The fourth-order valence-electron chi connectivity index (χ4n) is 2.32. The third-order valence-electron chi connectivity index (χ3n) is 3.74. The van der Waals surface area contributed by atoms with Crippen LogP contribution in [0.4, 0.5) is 0 Å². The molecule has 1 saturated carbocycles. The van der Waals surface area contributed by atoms with Gasteiger partial charge in [0.05, 0.1) is 0 Å². The molecule has 0 bridgehead atoms. The van der Waals surface area contributed by atoms with Crippen LogP contribution in [0.25, 0.3) is 0 Å². The molecular weight excluding hydrogens is 216 g/mol. The van der Waals surface area contributed by atoms with Crippen LogP contribution in [-0.2, 0) is 6.42 Å². The van der Waals surface area contributed by atoms with E-state index in [4.69, 9.17) is 5.73 Å². The first-order valence-corrected chi connectivity index (χ1v) is 6.98. The number of thiophene rings is 1. The minimum atomic E-state index is 0.110. The van der Waals surface area contributed by atoms with Crippen molar-refractivity contribution >= 4 is 11.3 Å². The molecule has 0 radical (unpaired) electrons. The summed E-state index contributed by atoms with van der Waals surface area (Å²) < 4.78 is 0. The molecule has 1 atom stereocenters. The highest BCUT2D eigenvalue weighted by molar-refractivity contribution is 7.09. The maximum absolute atomic E-state index is 6.28. The minimum absolute atomic E-state index is 0.110. The van der Waals surface area contributed by atoms with E-state index in [1.807, 2.05) is 11.3 Å². The van der Waals surface area contributed by atoms with Crippen molar-refractivity contribution in [2.24, 2.45) is 5.73 Å². The Kier molecular flexibility index (Phi) is 3.67. The summed E-state index contributed by atoms with van der Waals surface area (Å²) in [4.78, 5) is 3.89. The molecule has 90 valence electrons. The molecule has 0 saturated heterocycles. The Morgan fingerprint density at radius 2 is 2.31 bits per heavy atom. The summed E-state index contributed by atoms with van der Waals surface area (Å²) >= 11 is 1.85. The third-order valence-corrected chi connectivity index (χ3v) is 4.64. The second kappa shape index (κ2) is 4.86. The molecule has 1 aromatic rings. The standard InChI is InChI=1S/C13H22N2S/c1-11(9-12-5-3-8-16-12)15(2)10-13(14)6-4-7-13/h3,5,8,11H,4,6-7,9-10,14H2,1-2H3. The lowest BCUT2D eigenvalue weighted by Gasteiger charge is -2.42. The summed E-state index contributed by atoms with van der Waals surface area (Å²) in [6.45, 7) is 3.33. The molecule has 3 heteroatoms. The number of likely N-dealkylation sites (N-methyl/N-ethyl adjacent to an activating group) is 1. The van der Waals surface area contributed by atoms with E-state index in [-0.39, 0.29) is 5.54 Å². The van der Waals surface area contributed by atoms with E-state index in [9.17, 15) is 0 Å². The second-order valence-electron chi connectivity index (χ2n) is 5.26. The van der Waals surface area contributed by atoms with Gasteiger partial charge in [-0.3, -0.25) is 0 Å². The van der Waals surface area contributed by atoms with E-state index in [0.29, 0.717) is 6.04 Å². The van der Waals surface area contributed by atoms with Crippen molar-refractivity contribution in [2.45, 2.75) is 44.2 Å². The quantitative estimate of drug-likeness (QED) is 0.854. The van der Waals surface area contributed by atoms with Gasteiger partial charge in [0.15, 0.2) is 0 Å². The van der Waals surface area contributed by atoms with E-state index < -0.39 is 0 Å². The first-order chi connectivity index (χ1) is 7.59. The summed E-state index contributed by atoms with van der Waals surface area (Å²) in [6, 6.07) is 4.93. The molecule has 0 aliphatic heterocycles. The van der Waals surface area contributed by atoms with Crippen molar-refractivity contribution in [1.29, 1.82) is 0 Å². The monoisotopic (exact) mass is 238 g/mol. The van der Waals surface area contributed by atoms with Crippen molar-refractivity contribution in [1.82, 2.24) is 4.90 Å². The molecule has 16 heavy (non-hydrogen) atoms. The average Bonchev–Trinajstić information content (AvgIpc) is 2.68. The predicted octanol–water partition coefficient (Wildman–Crippen LogP) is 2.49. The van der Waals surface area contributed by atoms with Crippen molar-refractivity contribution < 1.29 is 0 Å². The first-order valence-electron chi connectivity index (χ1n) is 6.11. The lowest BCUT2D eigenvalue weighted by molar-refractivity contribution is 0.138. The van der Waals surface area contributed by atoms with Crippen LogP contribution in [0.1, 0.15) is 31.1 Å². The van der Waals surface area contributed by atoms with Crippen LogP contribution in [0.2, 0.25) is 0 Å². The summed E-state index contributed by atoms with van der Waals surface area (Å²) in [5, 5.41) is 2.15. The van der Waals surface area contributed by atoms with Crippen LogP contribution < -0.4 is 5.73 Å². The molecule has 0 spiro atoms. The van der Waals surface area contributed by atoms with Gasteiger partial charge >= 0.3 is 0 Å². The normalized spacial score (nSPS) is 20.8. The van der Waals surface area contributed by atoms with Gasteiger partial charge < -0.3 is 10.6 Å². The van der Waals surface area contributed by atoms with Crippen LogP contribution in [-0.4, -0.2) is 30.1 Å². The van der Waals surface area contributed by atoms with Gasteiger partial charge in [-0.25, -0.2) is 0 Å². The average molecular weight is 238 g/mol. The molecule has 0 amide bonds. The van der Waals surface area contributed by atoms with Gasteiger partial charge in [0.25, 0.3) is 0 Å². The fourth-order valence-corrected chi connectivity index (χ4v) is 3.14. The Morgan fingerprint density at radius 1 is 1.56 bits per heavy atom. The molecule has 1 aliphatic rings. The first kappa shape index (κ1) is 12.1. The number of nitrogens with two attached hydrogens (primary N) is 1. The lowest BCUT2D eigenvalue weighted by atomic mass is 9.77. The highest BCUT2D eigenvalue weighted by Gasteiger charge is 2.34. The Bertz CT molecular complexity index is 317. The topological polar surface area (TPSA) is 29.3 Å². The van der Waals surface area contributed by atoms with Gasteiger partial charge in [-0.1, -0.05) is 6.07 Å². The zero-order valence-electron chi connectivity index (χ0n) is 10.3. The Labute approximate surface area is 102 Å². The van der Waals surface area contributed by atoms with E-state index >= 15 is 0 Å². The van der Waals surface area contributed by atoms with Crippen molar-refractivity contribution in [2.75, 3.05) is 13.6 Å². The maximum Gasteiger partial charge on any atom is 0.0283 e. The Hall–Kier alpha value is -0.380. The van der Waals surface area contributed by atoms with E-state index in [2.05, 4.69) is 36.4 Å². The van der Waals surface area contributed by atoms with E-state index in [1.54, 1.807) is 0 Å². The zero-order valence-corrected chi connectivity index (χ0v) is 11.1. The molecule has 2 rings (SSSR count). The number of rotatable bonds is 5. The molecular formula is C13H22N2S. The second-order valence-corrected chi connectivity index (χ2v) is 6.30. The third kappa shape index (κ3) is 2.84. The van der Waals surface area contributed by atoms with Gasteiger partial charge in [0, 0.05) is 23.0 Å². The summed E-state index contributed by atoms with van der Waals surface area (Å²) in [6.07, 6.45) is 4.85. The van der Waals surface area contributed by atoms with Crippen LogP contribution in [0.5, 0.6) is 0 Å². The minimum Gasteiger partial charge on any atom is -0.324 e. The van der Waals surface area contributed by atoms with Gasteiger partial charge in [0.2, 0.25) is 0 Å². The highest BCUT2D eigenvalue weighted by Crippen LogP contribution is 2.30. The predicted molar refractivity (Wildman–Crippen MR) is 70.9 cm³/mol. The lowest BCUT2D eigenvalue weighted by Crippen LogP contribution is -2.55. The molecule has 2 nitrogen and oxygen atoms in total. The smallest absolute Gasteiger partial charge is 0.0283 e. The molecule has 1 heterocycles. The maximum atomic E-state index is 6.28. The molecule has 0 aromatic carbocycles. The van der Waals surface area contributed by atoms with Gasteiger partial charge in [-0.2, -0.15) is 0 Å². The van der Waals surface area contributed by atoms with Crippen LogP contribution in [0.15, 0.2) is 17.5 Å². The van der Waals surface area contributed by atoms with Gasteiger partial charge in [0.1, 0.15) is 0 Å². The largest absolute Gasteiger partial charge is 0.324 e. The molecule has 1 aromatic heterocycles. The van der Waals surface area contributed by atoms with Crippen LogP contribution in [0.3, 0.4) is 0 Å². The number of hydrogen-bond acceptors (Lipinski definition) is 3. The SMILES string of the molecule is CC(Cc1cccs1)N(C)CC1(N)CCC1. The Balaban J connectivity index is 1.82. The molecule has 2 N–H and O–H groups in total. The van der Waals surface area contributed by atoms with Gasteiger partial charge in [-0.05, 0) is 51.1 Å². The summed E-state index contributed by atoms with van der Waals surface area (Å²) in [7, 11) is 2.20. The van der Waals surface area contributed by atoms with E-state index in [1.165, 1.54) is 24.1 Å². The summed E-state index contributed by atoms with van der Waals surface area (Å²) in [5.74, 6) is 0. The number of hydrogen-bond donors (Lipinski definition) is 1. The van der Waals surface area contributed by atoms with Crippen molar-refractivity contribution in [3.05, 3.63) is 22.4 Å². The van der Waals surface area contributed by atoms with E-state index in [0.717, 1.165) is 13.0 Å². The highest BCUT2D eigenvalue weighted by atomic mass is 32.1. The molecule has 1 unspecified atom stereocenters. The van der Waals surface area contributed by atoms with Gasteiger partial charge in [-0.15, -0.1) is 11.3 Å². The van der Waals surface area contributed by atoms with Crippen LogP contribution in [0, 0.1) is 0 Å². The summed E-state index contributed by atoms with van der Waals surface area (Å²) in [5.41, 5.74) is 6.39. The molecule has 1 fully saturated rings. The zero-order chi connectivity index (χ0) is 11.6. The Morgan fingerprint density at radius 3 is 2.81 bits per heavy atom.